The maximum atomic E-state index is 12.5. The molecule has 4 rings (SSSR count). The molecule has 0 saturated carbocycles. The molecule has 6 nitrogen and oxygen atoms in total. The van der Waals surface area contributed by atoms with Gasteiger partial charge in [-0.25, -0.2) is 0 Å². The highest BCUT2D eigenvalue weighted by Gasteiger charge is 2.67. The smallest absolute Gasteiger partial charge is 0.325 e. The number of carboxylic acid groups (broad SMARTS) is 1. The Balaban J connectivity index is 1.74. The van der Waals surface area contributed by atoms with Crippen molar-refractivity contribution in [3.8, 4) is 11.1 Å². The molecule has 2 aromatic rings. The van der Waals surface area contributed by atoms with E-state index in [-0.39, 0.29) is 5.92 Å². The van der Waals surface area contributed by atoms with Gasteiger partial charge in [-0.1, -0.05) is 68.4 Å². The summed E-state index contributed by atoms with van der Waals surface area (Å²) < 4.78 is 0. The molecule has 2 saturated heterocycles. The van der Waals surface area contributed by atoms with E-state index in [9.17, 15) is 19.5 Å². The molecule has 28 heavy (non-hydrogen) atoms. The van der Waals surface area contributed by atoms with E-state index < -0.39 is 41.2 Å². The summed E-state index contributed by atoms with van der Waals surface area (Å²) >= 11 is 0. The van der Waals surface area contributed by atoms with Gasteiger partial charge in [0.25, 0.3) is 0 Å². The standard InChI is InChI=1S/C22H22N2O4/c1-12(2)22(21(27)28)17-16(19(25)23-20(17)26)18(24-22)15-10-8-14(9-11-15)13-6-4-3-5-7-13/h3-12,16-18,24H,1-2H3,(H,27,28)(H,23,25,26). The Morgan fingerprint density at radius 2 is 1.57 bits per heavy atom. The van der Waals surface area contributed by atoms with Crippen LogP contribution < -0.4 is 10.6 Å². The molecule has 2 amide bonds. The lowest BCUT2D eigenvalue weighted by atomic mass is 9.73. The highest BCUT2D eigenvalue weighted by atomic mass is 16.4. The van der Waals surface area contributed by atoms with Crippen LogP contribution in [0.25, 0.3) is 11.1 Å². The molecule has 144 valence electrons. The summed E-state index contributed by atoms with van der Waals surface area (Å²) in [4.78, 5) is 37.2. The second kappa shape index (κ2) is 6.56. The van der Waals surface area contributed by atoms with Gasteiger partial charge in [-0.3, -0.25) is 25.0 Å². The lowest BCUT2D eigenvalue weighted by Gasteiger charge is -2.33. The predicted molar refractivity (Wildman–Crippen MR) is 103 cm³/mol. The number of rotatable bonds is 4. The Hall–Kier alpha value is -2.99. The average molecular weight is 378 g/mol. The van der Waals surface area contributed by atoms with Gasteiger partial charge < -0.3 is 5.11 Å². The van der Waals surface area contributed by atoms with Crippen LogP contribution in [0, 0.1) is 17.8 Å². The first-order chi connectivity index (χ1) is 13.4. The molecular formula is C22H22N2O4. The third-order valence-electron chi connectivity index (χ3n) is 6.08. The fraction of sp³-hybridized carbons (Fsp3) is 0.318. The maximum absolute atomic E-state index is 12.5. The molecule has 0 aliphatic carbocycles. The van der Waals surface area contributed by atoms with Gasteiger partial charge in [0.1, 0.15) is 5.54 Å². The minimum absolute atomic E-state index is 0.372. The van der Waals surface area contributed by atoms with Crippen molar-refractivity contribution in [2.45, 2.75) is 25.4 Å². The summed E-state index contributed by atoms with van der Waals surface area (Å²) in [5.74, 6) is -4.08. The first kappa shape index (κ1) is 18.4. The Labute approximate surface area is 163 Å². The number of benzene rings is 2. The van der Waals surface area contributed by atoms with Crippen molar-refractivity contribution in [1.29, 1.82) is 0 Å². The monoisotopic (exact) mass is 378 g/mol. The van der Waals surface area contributed by atoms with Crippen molar-refractivity contribution in [1.82, 2.24) is 10.6 Å². The third-order valence-corrected chi connectivity index (χ3v) is 6.08. The molecular weight excluding hydrogens is 356 g/mol. The zero-order valence-corrected chi connectivity index (χ0v) is 15.7. The van der Waals surface area contributed by atoms with Crippen LogP contribution in [-0.2, 0) is 14.4 Å². The van der Waals surface area contributed by atoms with Crippen molar-refractivity contribution in [3.05, 3.63) is 60.2 Å². The number of carbonyl (C=O) groups is 3. The number of hydrogen-bond acceptors (Lipinski definition) is 4. The fourth-order valence-corrected chi connectivity index (χ4v) is 4.64. The number of nitrogens with one attached hydrogen (secondary N) is 2. The van der Waals surface area contributed by atoms with Gasteiger partial charge in [0, 0.05) is 6.04 Å². The summed E-state index contributed by atoms with van der Waals surface area (Å²) in [6.45, 7) is 3.52. The van der Waals surface area contributed by atoms with Crippen LogP contribution in [0.15, 0.2) is 54.6 Å². The molecule has 4 unspecified atom stereocenters. The first-order valence-corrected chi connectivity index (χ1v) is 9.37. The summed E-state index contributed by atoms with van der Waals surface area (Å²) in [6.07, 6.45) is 0. The number of carbonyl (C=O) groups excluding carboxylic acids is 2. The van der Waals surface area contributed by atoms with Crippen LogP contribution in [0.1, 0.15) is 25.5 Å². The topological polar surface area (TPSA) is 95.5 Å². The maximum Gasteiger partial charge on any atom is 0.325 e. The zero-order chi connectivity index (χ0) is 20.1. The molecule has 2 aliphatic rings. The normalized spacial score (nSPS) is 29.0. The second-order valence-electron chi connectivity index (χ2n) is 7.80. The van der Waals surface area contributed by atoms with E-state index in [1.807, 2.05) is 54.6 Å². The van der Waals surface area contributed by atoms with E-state index in [2.05, 4.69) is 10.6 Å². The average Bonchev–Trinajstić information content (AvgIpc) is 3.20. The third kappa shape index (κ3) is 2.56. The van der Waals surface area contributed by atoms with Gasteiger partial charge in [-0.2, -0.15) is 0 Å². The van der Waals surface area contributed by atoms with Crippen LogP contribution in [-0.4, -0.2) is 28.4 Å². The largest absolute Gasteiger partial charge is 0.480 e. The summed E-state index contributed by atoms with van der Waals surface area (Å²) in [7, 11) is 0. The van der Waals surface area contributed by atoms with Gasteiger partial charge in [-0.05, 0) is 22.6 Å². The van der Waals surface area contributed by atoms with E-state index in [1.54, 1.807) is 13.8 Å². The minimum Gasteiger partial charge on any atom is -0.480 e. The van der Waals surface area contributed by atoms with Crippen molar-refractivity contribution in [2.75, 3.05) is 0 Å². The number of hydrogen-bond donors (Lipinski definition) is 3. The van der Waals surface area contributed by atoms with Gasteiger partial charge in [0.15, 0.2) is 0 Å². The summed E-state index contributed by atoms with van der Waals surface area (Å²) in [6, 6.07) is 17.0. The van der Waals surface area contributed by atoms with Crippen molar-refractivity contribution < 1.29 is 19.5 Å². The predicted octanol–water partition coefficient (Wildman–Crippen LogP) is 2.37. The van der Waals surface area contributed by atoms with Gasteiger partial charge in [0.2, 0.25) is 11.8 Å². The SMILES string of the molecule is CC(C)C1(C(=O)O)NC(c2ccc(-c3ccccc3)cc2)C2C(=O)NC(=O)C21. The molecule has 3 N–H and O–H groups in total. The molecule has 2 aromatic carbocycles. The molecule has 4 atom stereocenters. The summed E-state index contributed by atoms with van der Waals surface area (Å²) in [5.41, 5.74) is 1.41. The van der Waals surface area contributed by atoms with Crippen molar-refractivity contribution in [3.63, 3.8) is 0 Å². The Morgan fingerprint density at radius 3 is 2.14 bits per heavy atom. The minimum atomic E-state index is -1.48. The van der Waals surface area contributed by atoms with Crippen LogP contribution in [0.5, 0.6) is 0 Å². The van der Waals surface area contributed by atoms with Crippen molar-refractivity contribution >= 4 is 17.8 Å². The Kier molecular flexibility index (Phi) is 4.31. The van der Waals surface area contributed by atoms with Gasteiger partial charge in [0.05, 0.1) is 11.8 Å². The highest BCUT2D eigenvalue weighted by molar-refractivity contribution is 6.09. The van der Waals surface area contributed by atoms with Crippen LogP contribution in [0.3, 0.4) is 0 Å². The highest BCUT2D eigenvalue weighted by Crippen LogP contribution is 2.49. The first-order valence-electron chi connectivity index (χ1n) is 9.37. The lowest BCUT2D eigenvalue weighted by Crippen LogP contribution is -2.59. The number of fused-ring (bicyclic) bond motifs is 1. The van der Waals surface area contributed by atoms with E-state index in [1.165, 1.54) is 0 Å². The van der Waals surface area contributed by atoms with E-state index in [4.69, 9.17) is 0 Å². The molecule has 2 fully saturated rings. The van der Waals surface area contributed by atoms with Crippen LogP contribution in [0.4, 0.5) is 0 Å². The molecule has 6 heteroatoms. The summed E-state index contributed by atoms with van der Waals surface area (Å²) in [5, 5.41) is 15.5. The number of imide groups is 1. The van der Waals surface area contributed by atoms with Gasteiger partial charge in [-0.15, -0.1) is 0 Å². The number of aliphatic carboxylic acids is 1. The lowest BCUT2D eigenvalue weighted by molar-refractivity contribution is -0.151. The number of amides is 2. The van der Waals surface area contributed by atoms with E-state index >= 15 is 0 Å². The Morgan fingerprint density at radius 1 is 0.964 bits per heavy atom. The van der Waals surface area contributed by atoms with Gasteiger partial charge >= 0.3 is 5.97 Å². The quantitative estimate of drug-likeness (QED) is 0.710. The number of carboxylic acids is 1. The zero-order valence-electron chi connectivity index (χ0n) is 15.7. The van der Waals surface area contributed by atoms with E-state index in [0.717, 1.165) is 16.7 Å². The van der Waals surface area contributed by atoms with Crippen molar-refractivity contribution in [2.24, 2.45) is 17.8 Å². The molecule has 0 bridgehead atoms. The molecule has 2 heterocycles. The second-order valence-corrected chi connectivity index (χ2v) is 7.80. The molecule has 2 aliphatic heterocycles. The molecule has 0 aromatic heterocycles. The fourth-order valence-electron chi connectivity index (χ4n) is 4.64. The van der Waals surface area contributed by atoms with Crippen LogP contribution >= 0.6 is 0 Å². The van der Waals surface area contributed by atoms with Crippen LogP contribution in [0.2, 0.25) is 0 Å². The Bertz CT molecular complexity index is 939. The molecule has 0 radical (unpaired) electrons. The molecule has 0 spiro atoms. The van der Waals surface area contributed by atoms with E-state index in [0.29, 0.717) is 0 Å².